The molecule has 0 heterocycles. The standard InChI is InChI=1S/C12H19N3O3/c1-9(7-14(2)3)8-18-12-5-4-10(15(16)17)6-11(12)13/h4-6,9H,7-8,13H2,1-3H3. The van der Waals surface area contributed by atoms with E-state index >= 15 is 0 Å². The summed E-state index contributed by atoms with van der Waals surface area (Å²) in [7, 11) is 3.99. The Morgan fingerprint density at radius 3 is 2.67 bits per heavy atom. The Bertz CT molecular complexity index is 421. The molecule has 0 radical (unpaired) electrons. The van der Waals surface area contributed by atoms with E-state index in [0.717, 1.165) is 6.54 Å². The monoisotopic (exact) mass is 253 g/mol. The van der Waals surface area contributed by atoms with Crippen LogP contribution >= 0.6 is 0 Å². The first-order chi connectivity index (χ1) is 8.40. The molecule has 0 bridgehead atoms. The molecule has 1 atom stereocenters. The maximum absolute atomic E-state index is 10.6. The molecule has 100 valence electrons. The lowest BCUT2D eigenvalue weighted by molar-refractivity contribution is -0.384. The number of non-ortho nitro benzene ring substituents is 1. The fourth-order valence-electron chi connectivity index (χ4n) is 1.69. The van der Waals surface area contributed by atoms with E-state index in [1.807, 2.05) is 14.1 Å². The predicted octanol–water partition coefficient (Wildman–Crippen LogP) is 1.75. The average molecular weight is 253 g/mol. The lowest BCUT2D eigenvalue weighted by Gasteiger charge is -2.17. The number of nitro benzene ring substituents is 1. The second kappa shape index (κ2) is 6.20. The smallest absolute Gasteiger partial charge is 0.271 e. The number of nitro groups is 1. The fraction of sp³-hybridized carbons (Fsp3) is 0.500. The van der Waals surface area contributed by atoms with Crippen molar-refractivity contribution in [3.63, 3.8) is 0 Å². The molecule has 6 heteroatoms. The van der Waals surface area contributed by atoms with E-state index in [9.17, 15) is 10.1 Å². The molecule has 18 heavy (non-hydrogen) atoms. The van der Waals surface area contributed by atoms with Gasteiger partial charge in [0.25, 0.3) is 5.69 Å². The SMILES string of the molecule is CC(COc1ccc([N+](=O)[O-])cc1N)CN(C)C. The third kappa shape index (κ3) is 4.21. The molecule has 2 N–H and O–H groups in total. The Kier molecular flexibility index (Phi) is 4.91. The van der Waals surface area contributed by atoms with Gasteiger partial charge in [-0.3, -0.25) is 10.1 Å². The summed E-state index contributed by atoms with van der Waals surface area (Å²) in [6.45, 7) is 3.51. The average Bonchev–Trinajstić information content (AvgIpc) is 2.26. The number of nitrogens with two attached hydrogens (primary N) is 1. The molecule has 1 rings (SSSR count). The highest BCUT2D eigenvalue weighted by atomic mass is 16.6. The Morgan fingerprint density at radius 1 is 1.50 bits per heavy atom. The van der Waals surface area contributed by atoms with Crippen molar-refractivity contribution in [3.8, 4) is 5.75 Å². The third-order valence-corrected chi connectivity index (χ3v) is 2.40. The summed E-state index contributed by atoms with van der Waals surface area (Å²) in [5, 5.41) is 10.6. The van der Waals surface area contributed by atoms with Crippen LogP contribution in [0.2, 0.25) is 0 Å². The summed E-state index contributed by atoms with van der Waals surface area (Å²) >= 11 is 0. The second-order valence-electron chi connectivity index (χ2n) is 4.66. The van der Waals surface area contributed by atoms with Crippen molar-refractivity contribution in [2.45, 2.75) is 6.92 Å². The van der Waals surface area contributed by atoms with Gasteiger partial charge in [0, 0.05) is 24.6 Å². The van der Waals surface area contributed by atoms with Crippen molar-refractivity contribution in [2.75, 3.05) is 33.0 Å². The lowest BCUT2D eigenvalue weighted by Crippen LogP contribution is -2.24. The Hall–Kier alpha value is -1.82. The molecule has 0 spiro atoms. The maximum Gasteiger partial charge on any atom is 0.271 e. The zero-order valence-corrected chi connectivity index (χ0v) is 10.9. The lowest BCUT2D eigenvalue weighted by atomic mass is 10.2. The minimum atomic E-state index is -0.477. The van der Waals surface area contributed by atoms with Crippen LogP contribution in [0.5, 0.6) is 5.75 Å². The van der Waals surface area contributed by atoms with Crippen LogP contribution < -0.4 is 10.5 Å². The zero-order chi connectivity index (χ0) is 13.7. The Balaban J connectivity index is 2.60. The van der Waals surface area contributed by atoms with Crippen LogP contribution in [0, 0.1) is 16.0 Å². The van der Waals surface area contributed by atoms with Crippen molar-refractivity contribution in [1.82, 2.24) is 4.90 Å². The maximum atomic E-state index is 10.6. The van der Waals surface area contributed by atoms with Gasteiger partial charge in [0.05, 0.1) is 17.2 Å². The number of anilines is 1. The minimum absolute atomic E-state index is 0.0267. The van der Waals surface area contributed by atoms with Crippen LogP contribution in [0.3, 0.4) is 0 Å². The van der Waals surface area contributed by atoms with E-state index in [1.54, 1.807) is 0 Å². The van der Waals surface area contributed by atoms with Crippen LogP contribution in [0.1, 0.15) is 6.92 Å². The molecule has 0 aliphatic carbocycles. The predicted molar refractivity (Wildman–Crippen MR) is 70.7 cm³/mol. The normalized spacial score (nSPS) is 12.4. The van der Waals surface area contributed by atoms with Gasteiger partial charge in [-0.2, -0.15) is 0 Å². The van der Waals surface area contributed by atoms with Crippen molar-refractivity contribution in [1.29, 1.82) is 0 Å². The molecule has 0 fully saturated rings. The number of hydrogen-bond donors (Lipinski definition) is 1. The summed E-state index contributed by atoms with van der Waals surface area (Å²) < 4.78 is 5.56. The van der Waals surface area contributed by atoms with E-state index in [4.69, 9.17) is 10.5 Å². The van der Waals surface area contributed by atoms with Gasteiger partial charge in [0.15, 0.2) is 0 Å². The molecule has 0 amide bonds. The van der Waals surface area contributed by atoms with Gasteiger partial charge in [-0.1, -0.05) is 6.92 Å². The van der Waals surface area contributed by atoms with Crippen molar-refractivity contribution in [2.24, 2.45) is 5.92 Å². The third-order valence-electron chi connectivity index (χ3n) is 2.40. The summed E-state index contributed by atoms with van der Waals surface area (Å²) in [5.74, 6) is 0.848. The minimum Gasteiger partial charge on any atom is -0.491 e. The molecule has 1 aromatic carbocycles. The molecule has 0 saturated heterocycles. The highest BCUT2D eigenvalue weighted by molar-refractivity contribution is 5.58. The second-order valence-corrected chi connectivity index (χ2v) is 4.66. The van der Waals surface area contributed by atoms with E-state index in [1.165, 1.54) is 18.2 Å². The van der Waals surface area contributed by atoms with Gasteiger partial charge < -0.3 is 15.4 Å². The molecule has 0 aromatic heterocycles. The highest BCUT2D eigenvalue weighted by Gasteiger charge is 2.11. The van der Waals surface area contributed by atoms with Crippen molar-refractivity contribution >= 4 is 11.4 Å². The summed E-state index contributed by atoms with van der Waals surface area (Å²) in [6, 6.07) is 4.24. The van der Waals surface area contributed by atoms with Crippen LogP contribution in [-0.2, 0) is 0 Å². The number of rotatable bonds is 6. The number of nitrogens with zero attached hydrogens (tertiary/aromatic N) is 2. The topological polar surface area (TPSA) is 81.6 Å². The molecular formula is C12H19N3O3. The first-order valence-corrected chi connectivity index (χ1v) is 5.71. The summed E-state index contributed by atoms with van der Waals surface area (Å²) in [4.78, 5) is 12.2. The first-order valence-electron chi connectivity index (χ1n) is 5.71. The van der Waals surface area contributed by atoms with Gasteiger partial charge in [0.1, 0.15) is 5.75 Å². The van der Waals surface area contributed by atoms with Crippen LogP contribution in [0.4, 0.5) is 11.4 Å². The zero-order valence-electron chi connectivity index (χ0n) is 10.9. The number of benzene rings is 1. The van der Waals surface area contributed by atoms with Gasteiger partial charge in [-0.25, -0.2) is 0 Å². The van der Waals surface area contributed by atoms with Gasteiger partial charge in [-0.05, 0) is 20.2 Å². The number of nitrogen functional groups attached to an aromatic ring is 1. The molecule has 6 nitrogen and oxygen atoms in total. The molecular weight excluding hydrogens is 234 g/mol. The molecule has 1 aromatic rings. The molecule has 0 aliphatic heterocycles. The molecule has 0 saturated carbocycles. The summed E-state index contributed by atoms with van der Waals surface area (Å²) in [5.41, 5.74) is 5.97. The van der Waals surface area contributed by atoms with Gasteiger partial charge in [0.2, 0.25) is 0 Å². The highest BCUT2D eigenvalue weighted by Crippen LogP contribution is 2.26. The quantitative estimate of drug-likeness (QED) is 0.474. The molecule has 1 unspecified atom stereocenters. The first kappa shape index (κ1) is 14.2. The number of hydrogen-bond acceptors (Lipinski definition) is 5. The molecule has 0 aliphatic rings. The Morgan fingerprint density at radius 2 is 2.17 bits per heavy atom. The van der Waals surface area contributed by atoms with E-state index in [2.05, 4.69) is 11.8 Å². The largest absolute Gasteiger partial charge is 0.491 e. The van der Waals surface area contributed by atoms with E-state index in [-0.39, 0.29) is 5.69 Å². The van der Waals surface area contributed by atoms with Crippen LogP contribution in [-0.4, -0.2) is 37.1 Å². The van der Waals surface area contributed by atoms with Crippen molar-refractivity contribution < 1.29 is 9.66 Å². The van der Waals surface area contributed by atoms with Gasteiger partial charge >= 0.3 is 0 Å². The fourth-order valence-corrected chi connectivity index (χ4v) is 1.69. The van der Waals surface area contributed by atoms with Crippen LogP contribution in [0.15, 0.2) is 18.2 Å². The number of ether oxygens (including phenoxy) is 1. The van der Waals surface area contributed by atoms with E-state index in [0.29, 0.717) is 24.0 Å². The van der Waals surface area contributed by atoms with Gasteiger partial charge in [-0.15, -0.1) is 0 Å². The Labute approximate surface area is 106 Å². The summed E-state index contributed by atoms with van der Waals surface area (Å²) in [6.07, 6.45) is 0. The van der Waals surface area contributed by atoms with Crippen molar-refractivity contribution in [3.05, 3.63) is 28.3 Å². The van der Waals surface area contributed by atoms with E-state index < -0.39 is 4.92 Å². The van der Waals surface area contributed by atoms with Crippen LogP contribution in [0.25, 0.3) is 0 Å².